The number of hydrogen-bond donors (Lipinski definition) is 2. The molecule has 0 aromatic heterocycles. The summed E-state index contributed by atoms with van der Waals surface area (Å²) in [6, 6.07) is -0.579. The van der Waals surface area contributed by atoms with E-state index in [1.807, 2.05) is 20.8 Å². The van der Waals surface area contributed by atoms with Crippen LogP contribution in [0.2, 0.25) is 0 Å². The SMILES string of the molecule is CCCCCC(=O)NCCCC[C@H](N)C(=O)OC(C)(C)C. The average molecular weight is 300 g/mol. The van der Waals surface area contributed by atoms with Crippen LogP contribution in [0.15, 0.2) is 0 Å². The van der Waals surface area contributed by atoms with E-state index < -0.39 is 11.6 Å². The Labute approximate surface area is 129 Å². The Morgan fingerprint density at radius 1 is 1.14 bits per heavy atom. The number of rotatable bonds is 10. The van der Waals surface area contributed by atoms with Crippen LogP contribution in [0.1, 0.15) is 72.6 Å². The minimum Gasteiger partial charge on any atom is -0.459 e. The first kappa shape index (κ1) is 19.9. The van der Waals surface area contributed by atoms with Crippen molar-refractivity contribution in [1.29, 1.82) is 0 Å². The zero-order valence-electron chi connectivity index (χ0n) is 14.0. The van der Waals surface area contributed by atoms with Crippen LogP contribution in [-0.4, -0.2) is 30.1 Å². The fourth-order valence-electron chi connectivity index (χ4n) is 1.84. The molecule has 0 aromatic carbocycles. The molecule has 1 amide bonds. The largest absolute Gasteiger partial charge is 0.459 e. The molecule has 0 unspecified atom stereocenters. The van der Waals surface area contributed by atoms with Gasteiger partial charge in [-0.15, -0.1) is 0 Å². The van der Waals surface area contributed by atoms with E-state index in [0.29, 0.717) is 19.4 Å². The van der Waals surface area contributed by atoms with Gasteiger partial charge in [0.1, 0.15) is 11.6 Å². The van der Waals surface area contributed by atoms with Gasteiger partial charge in [-0.25, -0.2) is 0 Å². The van der Waals surface area contributed by atoms with Crippen molar-refractivity contribution in [1.82, 2.24) is 5.32 Å². The molecule has 0 radical (unpaired) electrons. The molecule has 0 saturated carbocycles. The van der Waals surface area contributed by atoms with Gasteiger partial charge in [0.05, 0.1) is 0 Å². The molecular weight excluding hydrogens is 268 g/mol. The molecule has 124 valence electrons. The van der Waals surface area contributed by atoms with Crippen LogP contribution in [0, 0.1) is 0 Å². The van der Waals surface area contributed by atoms with Gasteiger partial charge in [-0.05, 0) is 46.5 Å². The van der Waals surface area contributed by atoms with Crippen LogP contribution < -0.4 is 11.1 Å². The molecule has 0 saturated heterocycles. The molecule has 0 aliphatic carbocycles. The van der Waals surface area contributed by atoms with Gasteiger partial charge in [0.25, 0.3) is 0 Å². The van der Waals surface area contributed by atoms with Crippen molar-refractivity contribution in [3.05, 3.63) is 0 Å². The fraction of sp³-hybridized carbons (Fsp3) is 0.875. The topological polar surface area (TPSA) is 81.4 Å². The lowest BCUT2D eigenvalue weighted by molar-refractivity contribution is -0.156. The molecule has 5 heteroatoms. The third-order valence-corrected chi connectivity index (χ3v) is 2.98. The number of carbonyl (C=O) groups excluding carboxylic acids is 2. The maximum absolute atomic E-state index is 11.7. The maximum atomic E-state index is 11.7. The molecular formula is C16H32N2O3. The van der Waals surface area contributed by atoms with Crippen LogP contribution in [0.3, 0.4) is 0 Å². The Balaban J connectivity index is 3.62. The number of ether oxygens (including phenoxy) is 1. The number of nitrogens with two attached hydrogens (primary N) is 1. The first-order chi connectivity index (χ1) is 9.76. The Morgan fingerprint density at radius 3 is 2.38 bits per heavy atom. The summed E-state index contributed by atoms with van der Waals surface area (Å²) in [5, 5.41) is 2.89. The van der Waals surface area contributed by atoms with Crippen LogP contribution >= 0.6 is 0 Å². The van der Waals surface area contributed by atoms with Gasteiger partial charge in [-0.1, -0.05) is 19.8 Å². The smallest absolute Gasteiger partial charge is 0.323 e. The Hall–Kier alpha value is -1.10. The summed E-state index contributed by atoms with van der Waals surface area (Å²) < 4.78 is 5.22. The predicted octanol–water partition coefficient (Wildman–Crippen LogP) is 2.52. The highest BCUT2D eigenvalue weighted by atomic mass is 16.6. The van der Waals surface area contributed by atoms with E-state index in [0.717, 1.165) is 32.1 Å². The number of esters is 1. The summed E-state index contributed by atoms with van der Waals surface area (Å²) in [6.45, 7) is 8.24. The molecule has 3 N–H and O–H groups in total. The summed E-state index contributed by atoms with van der Waals surface area (Å²) in [5.74, 6) is -0.244. The normalized spacial score (nSPS) is 12.8. The molecule has 0 aliphatic heterocycles. The minimum atomic E-state index is -0.579. The van der Waals surface area contributed by atoms with Crippen LogP contribution in [0.5, 0.6) is 0 Å². The van der Waals surface area contributed by atoms with E-state index in [-0.39, 0.29) is 11.9 Å². The zero-order valence-corrected chi connectivity index (χ0v) is 14.0. The highest BCUT2D eigenvalue weighted by Gasteiger charge is 2.21. The minimum absolute atomic E-state index is 0.111. The van der Waals surface area contributed by atoms with Crippen LogP contribution in [-0.2, 0) is 14.3 Å². The number of unbranched alkanes of at least 4 members (excludes halogenated alkanes) is 3. The van der Waals surface area contributed by atoms with Gasteiger partial charge >= 0.3 is 5.97 Å². The van der Waals surface area contributed by atoms with Gasteiger partial charge in [0.15, 0.2) is 0 Å². The van der Waals surface area contributed by atoms with Gasteiger partial charge in [0, 0.05) is 13.0 Å². The van der Waals surface area contributed by atoms with Gasteiger partial charge in [-0.3, -0.25) is 9.59 Å². The summed E-state index contributed by atoms with van der Waals surface area (Å²) in [5.41, 5.74) is 5.29. The second-order valence-electron chi connectivity index (χ2n) is 6.44. The third kappa shape index (κ3) is 12.4. The lowest BCUT2D eigenvalue weighted by Crippen LogP contribution is -2.37. The van der Waals surface area contributed by atoms with E-state index in [1.165, 1.54) is 0 Å². The van der Waals surface area contributed by atoms with Crippen molar-refractivity contribution < 1.29 is 14.3 Å². The number of carbonyl (C=O) groups is 2. The quantitative estimate of drug-likeness (QED) is 0.480. The first-order valence-corrected chi connectivity index (χ1v) is 8.01. The molecule has 0 aromatic rings. The molecule has 0 bridgehead atoms. The highest BCUT2D eigenvalue weighted by molar-refractivity contribution is 5.76. The van der Waals surface area contributed by atoms with Crippen molar-refractivity contribution in [2.45, 2.75) is 84.3 Å². The van der Waals surface area contributed by atoms with Crippen LogP contribution in [0.25, 0.3) is 0 Å². The van der Waals surface area contributed by atoms with Crippen LogP contribution in [0.4, 0.5) is 0 Å². The Morgan fingerprint density at radius 2 is 1.81 bits per heavy atom. The molecule has 0 aliphatic rings. The Kier molecular flexibility index (Phi) is 10.0. The van der Waals surface area contributed by atoms with Crippen molar-refractivity contribution >= 4 is 11.9 Å². The average Bonchev–Trinajstić information content (AvgIpc) is 2.36. The zero-order chi connectivity index (χ0) is 16.3. The van der Waals surface area contributed by atoms with Gasteiger partial charge in [0.2, 0.25) is 5.91 Å². The van der Waals surface area contributed by atoms with E-state index >= 15 is 0 Å². The summed E-state index contributed by atoms with van der Waals surface area (Å²) in [7, 11) is 0. The highest BCUT2D eigenvalue weighted by Crippen LogP contribution is 2.10. The fourth-order valence-corrected chi connectivity index (χ4v) is 1.84. The maximum Gasteiger partial charge on any atom is 0.323 e. The lowest BCUT2D eigenvalue weighted by Gasteiger charge is -2.22. The molecule has 0 rings (SSSR count). The monoisotopic (exact) mass is 300 g/mol. The number of nitrogens with one attached hydrogen (secondary N) is 1. The molecule has 1 atom stereocenters. The van der Waals surface area contributed by atoms with Crippen molar-refractivity contribution in [2.75, 3.05) is 6.54 Å². The predicted molar refractivity (Wildman–Crippen MR) is 84.8 cm³/mol. The molecule has 0 fully saturated rings. The second kappa shape index (κ2) is 10.6. The van der Waals surface area contributed by atoms with E-state index in [2.05, 4.69) is 12.2 Å². The van der Waals surface area contributed by atoms with Crippen molar-refractivity contribution in [3.63, 3.8) is 0 Å². The lowest BCUT2D eigenvalue weighted by atomic mass is 10.1. The molecule has 5 nitrogen and oxygen atoms in total. The van der Waals surface area contributed by atoms with Gasteiger partial charge < -0.3 is 15.8 Å². The standard InChI is InChI=1S/C16H32N2O3/c1-5-6-7-11-14(19)18-12-9-8-10-13(17)15(20)21-16(2,3)4/h13H,5-12,17H2,1-4H3,(H,18,19)/t13-/m0/s1. The molecule has 0 spiro atoms. The third-order valence-electron chi connectivity index (χ3n) is 2.98. The van der Waals surface area contributed by atoms with Gasteiger partial charge in [-0.2, -0.15) is 0 Å². The Bertz CT molecular complexity index is 311. The number of amides is 1. The first-order valence-electron chi connectivity index (χ1n) is 8.01. The summed E-state index contributed by atoms with van der Waals surface area (Å²) in [6.07, 6.45) is 5.98. The van der Waals surface area contributed by atoms with E-state index in [9.17, 15) is 9.59 Å². The number of hydrogen-bond acceptors (Lipinski definition) is 4. The van der Waals surface area contributed by atoms with E-state index in [4.69, 9.17) is 10.5 Å². The van der Waals surface area contributed by atoms with Crippen molar-refractivity contribution in [3.8, 4) is 0 Å². The second-order valence-corrected chi connectivity index (χ2v) is 6.44. The van der Waals surface area contributed by atoms with E-state index in [1.54, 1.807) is 0 Å². The summed E-state index contributed by atoms with van der Waals surface area (Å²) in [4.78, 5) is 23.1. The summed E-state index contributed by atoms with van der Waals surface area (Å²) >= 11 is 0. The molecule has 21 heavy (non-hydrogen) atoms. The van der Waals surface area contributed by atoms with Crippen molar-refractivity contribution in [2.24, 2.45) is 5.73 Å². The molecule has 0 heterocycles.